The summed E-state index contributed by atoms with van der Waals surface area (Å²) in [5.41, 5.74) is 3.19. The maximum absolute atomic E-state index is 6.36. The van der Waals surface area contributed by atoms with Crippen LogP contribution in [0.3, 0.4) is 0 Å². The molecule has 2 aromatic heterocycles. The van der Waals surface area contributed by atoms with Crippen molar-refractivity contribution in [1.29, 1.82) is 0 Å². The number of pyridine rings is 1. The lowest BCUT2D eigenvalue weighted by molar-refractivity contribution is 0.237. The molecule has 1 N–H and O–H groups in total. The zero-order valence-electron chi connectivity index (χ0n) is 16.0. The molecule has 4 nitrogen and oxygen atoms in total. The maximum Gasteiger partial charge on any atom is 0.170 e. The number of hydrogen-bond donors (Lipinski definition) is 1. The molecule has 6 heteroatoms. The molecule has 0 bridgehead atoms. The van der Waals surface area contributed by atoms with Crippen molar-refractivity contribution < 1.29 is 4.42 Å². The highest BCUT2D eigenvalue weighted by Gasteiger charge is 2.42. The van der Waals surface area contributed by atoms with Gasteiger partial charge in [0.2, 0.25) is 0 Å². The van der Waals surface area contributed by atoms with Crippen LogP contribution in [0.1, 0.15) is 42.9 Å². The molecule has 2 atom stereocenters. The van der Waals surface area contributed by atoms with Gasteiger partial charge in [0.25, 0.3) is 0 Å². The van der Waals surface area contributed by atoms with Crippen molar-refractivity contribution in [2.45, 2.75) is 38.9 Å². The Bertz CT molecular complexity index is 1000. The second kappa shape index (κ2) is 7.68. The van der Waals surface area contributed by atoms with Crippen LogP contribution >= 0.6 is 28.1 Å². The molecule has 0 saturated carbocycles. The molecule has 1 saturated heterocycles. The van der Waals surface area contributed by atoms with E-state index in [4.69, 9.17) is 16.6 Å². The Hall–Kier alpha value is -2.18. The molecule has 0 spiro atoms. The van der Waals surface area contributed by atoms with Gasteiger partial charge in [-0.15, -0.1) is 0 Å². The van der Waals surface area contributed by atoms with Gasteiger partial charge in [0.05, 0.1) is 11.7 Å². The van der Waals surface area contributed by atoms with Crippen LogP contribution in [0.25, 0.3) is 11.3 Å². The van der Waals surface area contributed by atoms with E-state index in [0.717, 1.165) is 32.4 Å². The summed E-state index contributed by atoms with van der Waals surface area (Å²) in [5, 5.41) is 4.17. The molecule has 28 heavy (non-hydrogen) atoms. The number of rotatable bonds is 4. The fraction of sp³-hybridized carbons (Fsp3) is 0.273. The number of aryl methyl sites for hydroxylation is 1. The molecule has 1 aliphatic heterocycles. The Morgan fingerprint density at radius 2 is 2.00 bits per heavy atom. The Morgan fingerprint density at radius 1 is 1.18 bits per heavy atom. The van der Waals surface area contributed by atoms with Crippen LogP contribution in [-0.4, -0.2) is 21.0 Å². The Morgan fingerprint density at radius 3 is 2.68 bits per heavy atom. The summed E-state index contributed by atoms with van der Waals surface area (Å²) in [4.78, 5) is 6.75. The van der Waals surface area contributed by atoms with E-state index in [9.17, 15) is 0 Å². The largest absolute Gasteiger partial charge is 0.459 e. The minimum atomic E-state index is -0.0587. The van der Waals surface area contributed by atoms with Crippen molar-refractivity contribution in [3.63, 3.8) is 0 Å². The summed E-state index contributed by atoms with van der Waals surface area (Å²) in [7, 11) is 0. The van der Waals surface area contributed by atoms with E-state index in [0.29, 0.717) is 0 Å². The molecule has 0 unspecified atom stereocenters. The molecular weight excluding hydrogens is 434 g/mol. The second-order valence-electron chi connectivity index (χ2n) is 7.31. The molecule has 3 heterocycles. The SMILES string of the molecule is Cc1ccc(-c2ccc([C@H]3[C@H](c4ccccn4)NC(=S)N3C(C)C)o2)c(Br)c1. The van der Waals surface area contributed by atoms with Crippen LogP contribution in [0.15, 0.2) is 63.6 Å². The number of halogens is 1. The number of hydrogen-bond acceptors (Lipinski definition) is 3. The number of benzene rings is 1. The lowest BCUT2D eigenvalue weighted by Crippen LogP contribution is -2.35. The number of nitrogens with one attached hydrogen (secondary N) is 1. The molecular formula is C22H22BrN3OS. The summed E-state index contributed by atoms with van der Waals surface area (Å²) in [6, 6.07) is 16.4. The summed E-state index contributed by atoms with van der Waals surface area (Å²) in [6.07, 6.45) is 1.81. The summed E-state index contributed by atoms with van der Waals surface area (Å²) in [5.74, 6) is 1.71. The van der Waals surface area contributed by atoms with Crippen LogP contribution in [0.5, 0.6) is 0 Å². The predicted octanol–water partition coefficient (Wildman–Crippen LogP) is 5.79. The van der Waals surface area contributed by atoms with Gasteiger partial charge >= 0.3 is 0 Å². The van der Waals surface area contributed by atoms with Crippen LogP contribution < -0.4 is 5.32 Å². The first kappa shape index (κ1) is 19.2. The molecule has 0 aliphatic carbocycles. The highest BCUT2D eigenvalue weighted by molar-refractivity contribution is 9.10. The quantitative estimate of drug-likeness (QED) is 0.503. The van der Waals surface area contributed by atoms with E-state index in [1.807, 2.05) is 36.5 Å². The normalized spacial score (nSPS) is 19.3. The minimum Gasteiger partial charge on any atom is -0.459 e. The Kier molecular flexibility index (Phi) is 5.25. The third-order valence-corrected chi connectivity index (χ3v) is 5.98. The fourth-order valence-electron chi connectivity index (χ4n) is 3.70. The molecule has 1 aliphatic rings. The minimum absolute atomic E-state index is 0.0552. The van der Waals surface area contributed by atoms with Gasteiger partial charge in [0.15, 0.2) is 5.11 Å². The van der Waals surface area contributed by atoms with E-state index in [2.05, 4.69) is 70.1 Å². The van der Waals surface area contributed by atoms with Crippen LogP contribution in [0, 0.1) is 6.92 Å². The number of furan rings is 1. The van der Waals surface area contributed by atoms with Gasteiger partial charge in [-0.25, -0.2) is 0 Å². The average Bonchev–Trinajstić information content (AvgIpc) is 3.26. The first-order valence-corrected chi connectivity index (χ1v) is 10.5. The first-order chi connectivity index (χ1) is 13.5. The highest BCUT2D eigenvalue weighted by Crippen LogP contribution is 2.42. The van der Waals surface area contributed by atoms with Gasteiger partial charge in [-0.05, 0) is 75.0 Å². The first-order valence-electron chi connectivity index (χ1n) is 9.31. The summed E-state index contributed by atoms with van der Waals surface area (Å²) >= 11 is 9.30. The number of aromatic nitrogens is 1. The average molecular weight is 456 g/mol. The zero-order chi connectivity index (χ0) is 19.8. The van der Waals surface area contributed by atoms with Gasteiger partial charge in [-0.3, -0.25) is 4.98 Å². The molecule has 3 aromatic rings. The zero-order valence-corrected chi connectivity index (χ0v) is 18.4. The van der Waals surface area contributed by atoms with Gasteiger partial charge in [0, 0.05) is 22.3 Å². The highest BCUT2D eigenvalue weighted by atomic mass is 79.9. The number of nitrogens with zero attached hydrogens (tertiary/aromatic N) is 2. The van der Waals surface area contributed by atoms with Crippen LogP contribution in [-0.2, 0) is 0 Å². The lowest BCUT2D eigenvalue weighted by Gasteiger charge is -2.29. The van der Waals surface area contributed by atoms with E-state index < -0.39 is 0 Å². The van der Waals surface area contributed by atoms with Crippen LogP contribution in [0.2, 0.25) is 0 Å². The summed E-state index contributed by atoms with van der Waals surface area (Å²) in [6.45, 7) is 6.36. The third kappa shape index (κ3) is 3.47. The lowest BCUT2D eigenvalue weighted by atomic mass is 10.0. The Balaban J connectivity index is 1.76. The van der Waals surface area contributed by atoms with E-state index in [1.54, 1.807) is 0 Å². The van der Waals surface area contributed by atoms with Crippen molar-refractivity contribution >= 4 is 33.3 Å². The molecule has 0 radical (unpaired) electrons. The Labute approximate surface area is 179 Å². The van der Waals surface area contributed by atoms with E-state index in [-0.39, 0.29) is 18.1 Å². The van der Waals surface area contributed by atoms with Gasteiger partial charge < -0.3 is 14.6 Å². The van der Waals surface area contributed by atoms with Crippen LogP contribution in [0.4, 0.5) is 0 Å². The third-order valence-electron chi connectivity index (χ3n) is 5.00. The van der Waals surface area contributed by atoms with Crippen molar-refractivity contribution in [2.24, 2.45) is 0 Å². The topological polar surface area (TPSA) is 41.3 Å². The molecule has 0 amide bonds. The van der Waals surface area contributed by atoms with Gasteiger partial charge in [0.1, 0.15) is 17.6 Å². The van der Waals surface area contributed by atoms with Crippen molar-refractivity contribution in [2.75, 3.05) is 0 Å². The predicted molar refractivity (Wildman–Crippen MR) is 119 cm³/mol. The van der Waals surface area contributed by atoms with Gasteiger partial charge in [-0.1, -0.05) is 28.1 Å². The van der Waals surface area contributed by atoms with Crippen molar-refractivity contribution in [3.05, 3.63) is 76.2 Å². The monoisotopic (exact) mass is 455 g/mol. The smallest absolute Gasteiger partial charge is 0.170 e. The standard InChI is InChI=1S/C22H22BrN3OS/c1-13(2)26-21(20(25-22(26)28)17-6-4-5-11-24-17)19-10-9-18(27-19)15-8-7-14(3)12-16(15)23/h4-13,20-21H,1-3H3,(H,25,28)/t20-,21-/m0/s1. The van der Waals surface area contributed by atoms with Crippen molar-refractivity contribution in [1.82, 2.24) is 15.2 Å². The van der Waals surface area contributed by atoms with E-state index in [1.165, 1.54) is 5.56 Å². The fourth-order valence-corrected chi connectivity index (χ4v) is 4.84. The molecule has 1 aromatic carbocycles. The number of thiocarbonyl (C=S) groups is 1. The molecule has 1 fully saturated rings. The maximum atomic E-state index is 6.36. The van der Waals surface area contributed by atoms with Gasteiger partial charge in [-0.2, -0.15) is 0 Å². The molecule has 4 rings (SSSR count). The summed E-state index contributed by atoms with van der Waals surface area (Å²) < 4.78 is 7.38. The second-order valence-corrected chi connectivity index (χ2v) is 8.55. The van der Waals surface area contributed by atoms with Crippen molar-refractivity contribution in [3.8, 4) is 11.3 Å². The van der Waals surface area contributed by atoms with E-state index >= 15 is 0 Å². The molecule has 144 valence electrons.